The van der Waals surface area contributed by atoms with Gasteiger partial charge in [-0.3, -0.25) is 4.79 Å². The number of likely N-dealkylation sites (tertiary alicyclic amines) is 1. The van der Waals surface area contributed by atoms with E-state index in [0.717, 1.165) is 25.9 Å². The van der Waals surface area contributed by atoms with Crippen molar-refractivity contribution in [3.05, 3.63) is 24.3 Å². The number of amides is 1. The van der Waals surface area contributed by atoms with E-state index >= 15 is 0 Å². The van der Waals surface area contributed by atoms with Gasteiger partial charge < -0.3 is 20.1 Å². The molecule has 20 heavy (non-hydrogen) atoms. The highest BCUT2D eigenvalue weighted by molar-refractivity contribution is 5.81. The molecule has 1 aliphatic rings. The molecule has 1 saturated heterocycles. The molecule has 1 aromatic rings. The Kier molecular flexibility index (Phi) is 4.81. The third-order valence-electron chi connectivity index (χ3n) is 3.05. The van der Waals surface area contributed by atoms with Crippen LogP contribution in [0.15, 0.2) is 24.3 Å². The fourth-order valence-electron chi connectivity index (χ4n) is 1.95. The van der Waals surface area contributed by atoms with Gasteiger partial charge in [-0.05, 0) is 37.1 Å². The smallest absolute Gasteiger partial charge is 0.344 e. The van der Waals surface area contributed by atoms with E-state index in [0.29, 0.717) is 11.4 Å². The summed E-state index contributed by atoms with van der Waals surface area (Å²) in [4.78, 5) is 24.8. The zero-order chi connectivity index (χ0) is 14.4. The normalized spacial score (nSPS) is 14.1. The number of hydrogen-bond donors (Lipinski definition) is 1. The number of carbonyl (C=O) groups is 2. The molecule has 1 aromatic carbocycles. The molecule has 1 heterocycles. The second kappa shape index (κ2) is 6.79. The maximum absolute atomic E-state index is 11.7. The zero-order valence-corrected chi connectivity index (χ0v) is 11.2. The minimum Gasteiger partial charge on any atom is -0.482 e. The van der Waals surface area contributed by atoms with Crippen molar-refractivity contribution in [2.24, 2.45) is 0 Å². The van der Waals surface area contributed by atoms with Crippen LogP contribution in [0.25, 0.3) is 0 Å². The van der Waals surface area contributed by atoms with Crippen LogP contribution in [0, 0.1) is 0 Å². The summed E-state index contributed by atoms with van der Waals surface area (Å²) < 4.78 is 10.1. The van der Waals surface area contributed by atoms with Crippen molar-refractivity contribution >= 4 is 17.6 Å². The van der Waals surface area contributed by atoms with Crippen molar-refractivity contribution in [3.8, 4) is 5.75 Å². The van der Waals surface area contributed by atoms with E-state index in [-0.39, 0.29) is 19.1 Å². The van der Waals surface area contributed by atoms with Gasteiger partial charge in [-0.1, -0.05) is 0 Å². The van der Waals surface area contributed by atoms with E-state index in [4.69, 9.17) is 15.2 Å². The first-order chi connectivity index (χ1) is 9.65. The molecule has 0 unspecified atom stereocenters. The third-order valence-corrected chi connectivity index (χ3v) is 3.05. The van der Waals surface area contributed by atoms with Crippen molar-refractivity contribution in [1.29, 1.82) is 0 Å². The number of esters is 1. The molecule has 0 aliphatic carbocycles. The second-order valence-electron chi connectivity index (χ2n) is 4.61. The van der Waals surface area contributed by atoms with Crippen LogP contribution in [-0.2, 0) is 14.3 Å². The van der Waals surface area contributed by atoms with E-state index in [1.165, 1.54) is 0 Å². The zero-order valence-electron chi connectivity index (χ0n) is 11.2. The van der Waals surface area contributed by atoms with Crippen molar-refractivity contribution in [1.82, 2.24) is 4.90 Å². The maximum Gasteiger partial charge on any atom is 0.344 e. The highest BCUT2D eigenvalue weighted by Crippen LogP contribution is 2.13. The molecule has 1 fully saturated rings. The Balaban J connectivity index is 1.67. The first kappa shape index (κ1) is 14.2. The third kappa shape index (κ3) is 4.15. The SMILES string of the molecule is Nc1ccc(OCC(=O)OCC(=O)N2CCCC2)cc1. The van der Waals surface area contributed by atoms with Crippen LogP contribution in [0.5, 0.6) is 5.75 Å². The molecule has 0 aromatic heterocycles. The summed E-state index contributed by atoms with van der Waals surface area (Å²) in [5.74, 6) is -0.181. The Labute approximate surface area is 117 Å². The minimum absolute atomic E-state index is 0.150. The molecule has 0 spiro atoms. The fraction of sp³-hybridized carbons (Fsp3) is 0.429. The number of benzene rings is 1. The molecule has 1 aliphatic heterocycles. The van der Waals surface area contributed by atoms with E-state index in [1.54, 1.807) is 29.2 Å². The number of hydrogen-bond acceptors (Lipinski definition) is 5. The molecule has 0 bridgehead atoms. The lowest BCUT2D eigenvalue weighted by Crippen LogP contribution is -2.32. The summed E-state index contributed by atoms with van der Waals surface area (Å²) in [7, 11) is 0. The number of ether oxygens (including phenoxy) is 2. The molecule has 2 rings (SSSR count). The predicted octanol–water partition coefficient (Wildman–Crippen LogP) is 0.813. The number of anilines is 1. The summed E-state index contributed by atoms with van der Waals surface area (Å²) in [6, 6.07) is 6.69. The highest BCUT2D eigenvalue weighted by atomic mass is 16.6. The summed E-state index contributed by atoms with van der Waals surface area (Å²) in [5.41, 5.74) is 6.16. The van der Waals surface area contributed by atoms with Crippen LogP contribution < -0.4 is 10.5 Å². The Morgan fingerprint density at radius 1 is 1.10 bits per heavy atom. The molecule has 0 radical (unpaired) electrons. The Hall–Kier alpha value is -2.24. The minimum atomic E-state index is -0.561. The van der Waals surface area contributed by atoms with Crippen LogP contribution in [-0.4, -0.2) is 43.1 Å². The summed E-state index contributed by atoms with van der Waals surface area (Å²) in [6.45, 7) is 1.05. The van der Waals surface area contributed by atoms with Gasteiger partial charge in [0.05, 0.1) is 0 Å². The Bertz CT molecular complexity index is 467. The number of nitrogen functional groups attached to an aromatic ring is 1. The maximum atomic E-state index is 11.7. The summed E-state index contributed by atoms with van der Waals surface area (Å²) in [6.07, 6.45) is 2.03. The van der Waals surface area contributed by atoms with Gasteiger partial charge in [0.1, 0.15) is 5.75 Å². The molecule has 2 N–H and O–H groups in total. The predicted molar refractivity (Wildman–Crippen MR) is 73.1 cm³/mol. The van der Waals surface area contributed by atoms with Crippen LogP contribution in [0.2, 0.25) is 0 Å². The lowest BCUT2D eigenvalue weighted by atomic mass is 10.3. The first-order valence-corrected chi connectivity index (χ1v) is 6.57. The number of rotatable bonds is 5. The largest absolute Gasteiger partial charge is 0.482 e. The average Bonchev–Trinajstić information content (AvgIpc) is 2.98. The van der Waals surface area contributed by atoms with E-state index in [1.807, 2.05) is 0 Å². The summed E-state index contributed by atoms with van der Waals surface area (Å²) >= 11 is 0. The molecule has 6 nitrogen and oxygen atoms in total. The highest BCUT2D eigenvalue weighted by Gasteiger charge is 2.19. The van der Waals surface area contributed by atoms with E-state index in [9.17, 15) is 9.59 Å². The van der Waals surface area contributed by atoms with E-state index in [2.05, 4.69) is 0 Å². The molecule has 0 atom stereocenters. The van der Waals surface area contributed by atoms with Crippen molar-refractivity contribution in [2.45, 2.75) is 12.8 Å². The standard InChI is InChI=1S/C14H18N2O4/c15-11-3-5-12(6-4-11)19-10-14(18)20-9-13(17)16-7-1-2-8-16/h3-6H,1-2,7-10,15H2. The van der Waals surface area contributed by atoms with Crippen molar-refractivity contribution < 1.29 is 19.1 Å². The topological polar surface area (TPSA) is 81.9 Å². The van der Waals surface area contributed by atoms with Gasteiger partial charge in [-0.15, -0.1) is 0 Å². The van der Waals surface area contributed by atoms with Gasteiger partial charge in [-0.2, -0.15) is 0 Å². The molecular weight excluding hydrogens is 260 g/mol. The number of carbonyl (C=O) groups excluding carboxylic acids is 2. The molecule has 108 valence electrons. The molecule has 0 saturated carbocycles. The lowest BCUT2D eigenvalue weighted by molar-refractivity contribution is -0.153. The van der Waals surface area contributed by atoms with Gasteiger partial charge in [0.15, 0.2) is 13.2 Å². The van der Waals surface area contributed by atoms with Crippen molar-refractivity contribution in [2.75, 3.05) is 32.0 Å². The first-order valence-electron chi connectivity index (χ1n) is 6.57. The van der Waals surface area contributed by atoms with Gasteiger partial charge in [0.2, 0.25) is 0 Å². The molecular formula is C14H18N2O4. The fourth-order valence-corrected chi connectivity index (χ4v) is 1.95. The molecule has 6 heteroatoms. The van der Waals surface area contributed by atoms with Crippen LogP contribution in [0.3, 0.4) is 0 Å². The summed E-state index contributed by atoms with van der Waals surface area (Å²) in [5, 5.41) is 0. The average molecular weight is 278 g/mol. The van der Waals surface area contributed by atoms with Crippen LogP contribution in [0.1, 0.15) is 12.8 Å². The quantitative estimate of drug-likeness (QED) is 0.637. The van der Waals surface area contributed by atoms with Gasteiger partial charge >= 0.3 is 5.97 Å². The van der Waals surface area contributed by atoms with Gasteiger partial charge in [-0.25, -0.2) is 4.79 Å². The monoisotopic (exact) mass is 278 g/mol. The van der Waals surface area contributed by atoms with Crippen LogP contribution in [0.4, 0.5) is 5.69 Å². The van der Waals surface area contributed by atoms with Gasteiger partial charge in [0, 0.05) is 18.8 Å². The number of nitrogens with zero attached hydrogens (tertiary/aromatic N) is 1. The van der Waals surface area contributed by atoms with Crippen LogP contribution >= 0.6 is 0 Å². The van der Waals surface area contributed by atoms with Crippen molar-refractivity contribution in [3.63, 3.8) is 0 Å². The lowest BCUT2D eigenvalue weighted by Gasteiger charge is -2.15. The van der Waals surface area contributed by atoms with E-state index < -0.39 is 5.97 Å². The Morgan fingerprint density at radius 2 is 1.75 bits per heavy atom. The molecule has 1 amide bonds. The van der Waals surface area contributed by atoms with Gasteiger partial charge in [0.25, 0.3) is 5.91 Å². The number of nitrogens with two attached hydrogens (primary N) is 1. The Morgan fingerprint density at radius 3 is 2.40 bits per heavy atom. The second-order valence-corrected chi connectivity index (χ2v) is 4.61.